The monoisotopic (exact) mass is 200 g/mol. The van der Waals surface area contributed by atoms with Crippen LogP contribution in [0.15, 0.2) is 0 Å². The quantitative estimate of drug-likeness (QED) is 0.691. The minimum Gasteiger partial charge on any atom is -0.368 e. The van der Waals surface area contributed by atoms with Gasteiger partial charge in [-0.15, -0.1) is 0 Å². The third-order valence-corrected chi connectivity index (χ3v) is 2.37. The van der Waals surface area contributed by atoms with Crippen LogP contribution in [0.5, 0.6) is 0 Å². The molecule has 0 spiro atoms. The first-order valence-electron chi connectivity index (χ1n) is 5.35. The molecule has 1 amide bonds. The van der Waals surface area contributed by atoms with Gasteiger partial charge >= 0.3 is 0 Å². The van der Waals surface area contributed by atoms with Crippen LogP contribution in [0.3, 0.4) is 0 Å². The Morgan fingerprint density at radius 1 is 1.64 bits per heavy atom. The predicted molar refractivity (Wildman–Crippen MR) is 54.9 cm³/mol. The number of carbonyl (C=O) groups excluding carboxylic acids is 1. The molecule has 0 radical (unpaired) electrons. The van der Waals surface area contributed by atoms with Crippen molar-refractivity contribution in [2.75, 3.05) is 13.2 Å². The van der Waals surface area contributed by atoms with Crippen molar-refractivity contribution in [3.05, 3.63) is 0 Å². The number of carbonyl (C=O) groups is 1. The van der Waals surface area contributed by atoms with Crippen LogP contribution in [0.4, 0.5) is 0 Å². The highest BCUT2D eigenvalue weighted by molar-refractivity contribution is 5.80. The van der Waals surface area contributed by atoms with Crippen LogP contribution in [-0.4, -0.2) is 31.2 Å². The number of hydrogen-bond acceptors (Lipinski definition) is 3. The number of rotatable bonds is 4. The molecular formula is C10H20N2O2. The van der Waals surface area contributed by atoms with Crippen LogP contribution in [0.25, 0.3) is 0 Å². The summed E-state index contributed by atoms with van der Waals surface area (Å²) < 4.78 is 5.35. The Hall–Kier alpha value is -0.610. The Morgan fingerprint density at radius 3 is 3.00 bits per heavy atom. The van der Waals surface area contributed by atoms with E-state index in [0.717, 1.165) is 25.7 Å². The maximum absolute atomic E-state index is 11.5. The third kappa shape index (κ3) is 4.07. The summed E-state index contributed by atoms with van der Waals surface area (Å²) in [6.07, 6.45) is 3.61. The second-order valence-corrected chi connectivity index (χ2v) is 3.91. The fraction of sp³-hybridized carbons (Fsp3) is 0.900. The van der Waals surface area contributed by atoms with Crippen molar-refractivity contribution in [1.29, 1.82) is 0 Å². The van der Waals surface area contributed by atoms with E-state index in [9.17, 15) is 4.79 Å². The van der Waals surface area contributed by atoms with Crippen molar-refractivity contribution < 1.29 is 9.53 Å². The minimum atomic E-state index is -0.225. The van der Waals surface area contributed by atoms with E-state index < -0.39 is 0 Å². The zero-order valence-corrected chi connectivity index (χ0v) is 8.79. The molecule has 0 aliphatic carbocycles. The second-order valence-electron chi connectivity index (χ2n) is 3.91. The van der Waals surface area contributed by atoms with Crippen molar-refractivity contribution in [3.8, 4) is 0 Å². The molecule has 2 unspecified atom stereocenters. The maximum atomic E-state index is 11.5. The predicted octanol–water partition coefficient (Wildman–Crippen LogP) is 0.409. The van der Waals surface area contributed by atoms with Gasteiger partial charge < -0.3 is 15.8 Å². The topological polar surface area (TPSA) is 64.3 Å². The van der Waals surface area contributed by atoms with Gasteiger partial charge in [-0.2, -0.15) is 0 Å². The molecule has 4 heteroatoms. The standard InChI is InChI=1S/C10H20N2O2/c1-8(11)5-6-12-10(13)9-4-2-3-7-14-9/h8-9H,2-7,11H2,1H3,(H,12,13). The Balaban J connectivity index is 2.13. The lowest BCUT2D eigenvalue weighted by atomic mass is 10.1. The molecule has 0 aromatic rings. The largest absolute Gasteiger partial charge is 0.368 e. The number of hydrogen-bond donors (Lipinski definition) is 2. The molecule has 14 heavy (non-hydrogen) atoms. The van der Waals surface area contributed by atoms with Gasteiger partial charge in [0.1, 0.15) is 6.10 Å². The van der Waals surface area contributed by atoms with Gasteiger partial charge in [-0.1, -0.05) is 0 Å². The van der Waals surface area contributed by atoms with Crippen LogP contribution in [-0.2, 0) is 9.53 Å². The summed E-state index contributed by atoms with van der Waals surface area (Å²) in [6, 6.07) is 0.141. The number of nitrogens with one attached hydrogen (secondary N) is 1. The molecule has 0 aromatic carbocycles. The molecule has 0 bridgehead atoms. The average molecular weight is 200 g/mol. The molecule has 4 nitrogen and oxygen atoms in total. The highest BCUT2D eigenvalue weighted by Crippen LogP contribution is 2.12. The summed E-state index contributed by atoms with van der Waals surface area (Å²) in [4.78, 5) is 11.5. The van der Waals surface area contributed by atoms with E-state index in [-0.39, 0.29) is 18.1 Å². The summed E-state index contributed by atoms with van der Waals surface area (Å²) in [5.41, 5.74) is 5.57. The van der Waals surface area contributed by atoms with E-state index in [2.05, 4.69) is 5.32 Å². The van der Waals surface area contributed by atoms with Gasteiger partial charge in [-0.3, -0.25) is 4.79 Å². The normalized spacial score (nSPS) is 24.3. The SMILES string of the molecule is CC(N)CCNC(=O)C1CCCCO1. The lowest BCUT2D eigenvalue weighted by Gasteiger charge is -2.21. The number of amides is 1. The molecule has 1 heterocycles. The van der Waals surface area contributed by atoms with Crippen molar-refractivity contribution in [2.45, 2.75) is 44.8 Å². The lowest BCUT2D eigenvalue weighted by molar-refractivity contribution is -0.135. The Morgan fingerprint density at radius 2 is 2.43 bits per heavy atom. The fourth-order valence-electron chi connectivity index (χ4n) is 1.48. The van der Waals surface area contributed by atoms with Gasteiger partial charge in [0.2, 0.25) is 5.91 Å². The molecule has 1 fully saturated rings. The van der Waals surface area contributed by atoms with Crippen LogP contribution < -0.4 is 11.1 Å². The van der Waals surface area contributed by atoms with Gasteiger partial charge in [-0.25, -0.2) is 0 Å². The summed E-state index contributed by atoms with van der Waals surface area (Å²) in [5.74, 6) is 0.0188. The zero-order valence-electron chi connectivity index (χ0n) is 8.79. The average Bonchev–Trinajstić information content (AvgIpc) is 2.18. The maximum Gasteiger partial charge on any atom is 0.249 e. The first-order valence-corrected chi connectivity index (χ1v) is 5.35. The van der Waals surface area contributed by atoms with Gasteiger partial charge in [0, 0.05) is 19.2 Å². The summed E-state index contributed by atoms with van der Waals surface area (Å²) >= 11 is 0. The van der Waals surface area contributed by atoms with E-state index in [1.165, 1.54) is 0 Å². The summed E-state index contributed by atoms with van der Waals surface area (Å²) in [6.45, 7) is 3.30. The van der Waals surface area contributed by atoms with Crippen molar-refractivity contribution >= 4 is 5.91 Å². The van der Waals surface area contributed by atoms with Crippen LogP contribution in [0.2, 0.25) is 0 Å². The molecule has 1 aliphatic heterocycles. The second kappa shape index (κ2) is 5.98. The van der Waals surface area contributed by atoms with E-state index in [0.29, 0.717) is 13.2 Å². The van der Waals surface area contributed by atoms with Gasteiger partial charge in [0.15, 0.2) is 0 Å². The van der Waals surface area contributed by atoms with E-state index in [1.54, 1.807) is 0 Å². The minimum absolute atomic E-state index is 0.0188. The van der Waals surface area contributed by atoms with Crippen LogP contribution >= 0.6 is 0 Å². The summed E-state index contributed by atoms with van der Waals surface area (Å²) in [5, 5.41) is 2.84. The Kier molecular flexibility index (Phi) is 4.90. The molecular weight excluding hydrogens is 180 g/mol. The van der Waals surface area contributed by atoms with E-state index >= 15 is 0 Å². The van der Waals surface area contributed by atoms with Crippen molar-refractivity contribution in [1.82, 2.24) is 5.32 Å². The molecule has 1 saturated heterocycles. The number of ether oxygens (including phenoxy) is 1. The first-order chi connectivity index (χ1) is 6.70. The molecule has 1 aliphatic rings. The molecule has 0 saturated carbocycles. The Labute approximate surface area is 85.2 Å². The lowest BCUT2D eigenvalue weighted by Crippen LogP contribution is -2.39. The van der Waals surface area contributed by atoms with Gasteiger partial charge in [0.25, 0.3) is 0 Å². The van der Waals surface area contributed by atoms with Crippen LogP contribution in [0, 0.1) is 0 Å². The van der Waals surface area contributed by atoms with E-state index in [4.69, 9.17) is 10.5 Å². The highest BCUT2D eigenvalue weighted by atomic mass is 16.5. The van der Waals surface area contributed by atoms with Gasteiger partial charge in [-0.05, 0) is 32.6 Å². The molecule has 1 rings (SSSR count). The molecule has 82 valence electrons. The van der Waals surface area contributed by atoms with Gasteiger partial charge in [0.05, 0.1) is 0 Å². The van der Waals surface area contributed by atoms with Crippen molar-refractivity contribution in [3.63, 3.8) is 0 Å². The highest BCUT2D eigenvalue weighted by Gasteiger charge is 2.21. The zero-order chi connectivity index (χ0) is 10.4. The fourth-order valence-corrected chi connectivity index (χ4v) is 1.48. The molecule has 2 atom stereocenters. The van der Waals surface area contributed by atoms with Crippen LogP contribution in [0.1, 0.15) is 32.6 Å². The van der Waals surface area contributed by atoms with Crippen molar-refractivity contribution in [2.24, 2.45) is 5.73 Å². The van der Waals surface area contributed by atoms with E-state index in [1.807, 2.05) is 6.92 Å². The Bertz CT molecular complexity index is 177. The smallest absolute Gasteiger partial charge is 0.249 e. The number of nitrogens with two attached hydrogens (primary N) is 1. The third-order valence-electron chi connectivity index (χ3n) is 2.37. The molecule has 3 N–H and O–H groups in total. The summed E-state index contributed by atoms with van der Waals surface area (Å²) in [7, 11) is 0. The molecule has 0 aromatic heterocycles. The first kappa shape index (κ1) is 11.5.